The molecule has 0 spiro atoms. The van der Waals surface area contributed by atoms with Crippen LogP contribution in [-0.2, 0) is 6.54 Å². The number of halogens is 1. The van der Waals surface area contributed by atoms with Gasteiger partial charge in [0, 0.05) is 29.5 Å². The third-order valence-electron chi connectivity index (χ3n) is 1.56. The normalized spacial score (nSPS) is 9.50. The van der Waals surface area contributed by atoms with Crippen molar-refractivity contribution in [2.24, 2.45) is 0 Å². The van der Waals surface area contributed by atoms with E-state index in [1.807, 2.05) is 30.3 Å². The van der Waals surface area contributed by atoms with Crippen LogP contribution in [0.4, 0.5) is 4.79 Å². The van der Waals surface area contributed by atoms with E-state index < -0.39 is 0 Å². The number of amides is 1. The van der Waals surface area contributed by atoms with Crippen LogP contribution in [0.15, 0.2) is 30.3 Å². The molecular weight excluding hydrogens is 218 g/mol. The summed E-state index contributed by atoms with van der Waals surface area (Å²) in [6, 6.07) is 9.86. The van der Waals surface area contributed by atoms with Gasteiger partial charge < -0.3 is 4.90 Å². The Bertz CT molecular complexity index is 260. The van der Waals surface area contributed by atoms with Crippen molar-refractivity contribution in [3.05, 3.63) is 35.9 Å². The van der Waals surface area contributed by atoms with E-state index in [1.165, 1.54) is 0 Å². The molecule has 0 aliphatic heterocycles. The van der Waals surface area contributed by atoms with Gasteiger partial charge in [0.05, 0.1) is 0 Å². The lowest BCUT2D eigenvalue weighted by Crippen LogP contribution is -2.19. The number of hydrogen-bond acceptors (Lipinski definition) is 1. The number of carbonyl (C=O) groups excluding carboxylic acids is 1. The van der Waals surface area contributed by atoms with E-state index in [0.29, 0.717) is 6.54 Å². The lowest BCUT2D eigenvalue weighted by Gasteiger charge is -2.12. The van der Waals surface area contributed by atoms with Gasteiger partial charge in [-0.05, 0) is 5.56 Å². The number of carbonyl (C=O) groups is 1. The summed E-state index contributed by atoms with van der Waals surface area (Å²) in [7, 11) is 1.75. The molecule has 0 N–H and O–H groups in total. The maximum absolute atomic E-state index is 10.8. The first-order valence-corrected chi connectivity index (χ1v) is 4.44. The highest BCUT2D eigenvalue weighted by molar-refractivity contribution is 9.18. The summed E-state index contributed by atoms with van der Waals surface area (Å²) in [4.78, 5) is 12.3. The Labute approximate surface area is 80.3 Å². The van der Waals surface area contributed by atoms with Crippen molar-refractivity contribution in [3.8, 4) is 0 Å². The minimum atomic E-state index is -0.0913. The number of rotatable bonds is 2. The lowest BCUT2D eigenvalue weighted by molar-refractivity contribution is 0.233. The summed E-state index contributed by atoms with van der Waals surface area (Å²) in [6.45, 7) is 0.644. The van der Waals surface area contributed by atoms with Gasteiger partial charge in [-0.2, -0.15) is 0 Å². The quantitative estimate of drug-likeness (QED) is 0.562. The second kappa shape index (κ2) is 4.26. The van der Waals surface area contributed by atoms with Crippen molar-refractivity contribution in [1.82, 2.24) is 4.90 Å². The average Bonchev–Trinajstić information content (AvgIpc) is 2.06. The van der Waals surface area contributed by atoms with Crippen molar-refractivity contribution in [1.29, 1.82) is 0 Å². The molecule has 0 radical (unpaired) electrons. The van der Waals surface area contributed by atoms with E-state index >= 15 is 0 Å². The fourth-order valence-corrected chi connectivity index (χ4v) is 1.04. The molecule has 0 saturated heterocycles. The van der Waals surface area contributed by atoms with E-state index in [4.69, 9.17) is 0 Å². The molecule has 0 aliphatic carbocycles. The fourth-order valence-electron chi connectivity index (χ4n) is 0.919. The van der Waals surface area contributed by atoms with Crippen LogP contribution in [0.25, 0.3) is 0 Å². The van der Waals surface area contributed by atoms with E-state index in [9.17, 15) is 4.79 Å². The first-order valence-electron chi connectivity index (χ1n) is 3.64. The zero-order valence-corrected chi connectivity index (χ0v) is 8.41. The van der Waals surface area contributed by atoms with Crippen molar-refractivity contribution < 1.29 is 4.79 Å². The zero-order valence-electron chi connectivity index (χ0n) is 6.83. The van der Waals surface area contributed by atoms with Gasteiger partial charge in [0.15, 0.2) is 0 Å². The fraction of sp³-hybridized carbons (Fsp3) is 0.222. The predicted octanol–water partition coefficient (Wildman–Crippen LogP) is 2.63. The minimum absolute atomic E-state index is 0.0913. The molecule has 1 aromatic rings. The molecule has 0 aliphatic rings. The first kappa shape index (κ1) is 9.26. The standard InChI is InChI=1S/C9H10BrNO/c1-11(9(10)12)7-8-5-3-2-4-6-8/h2-6H,7H2,1H3. The zero-order chi connectivity index (χ0) is 8.97. The van der Waals surface area contributed by atoms with Crippen LogP contribution >= 0.6 is 15.9 Å². The van der Waals surface area contributed by atoms with Gasteiger partial charge in [-0.15, -0.1) is 0 Å². The van der Waals surface area contributed by atoms with Crippen LogP contribution in [0.5, 0.6) is 0 Å². The smallest absolute Gasteiger partial charge is 0.289 e. The van der Waals surface area contributed by atoms with Crippen molar-refractivity contribution >= 4 is 20.7 Å². The molecule has 0 bridgehead atoms. The van der Waals surface area contributed by atoms with Gasteiger partial charge in [-0.3, -0.25) is 4.79 Å². The number of nitrogens with zero attached hydrogens (tertiary/aromatic N) is 1. The maximum atomic E-state index is 10.8. The molecule has 1 rings (SSSR count). The Morgan fingerprint density at radius 1 is 1.42 bits per heavy atom. The third kappa shape index (κ3) is 2.66. The largest absolute Gasteiger partial charge is 0.332 e. The van der Waals surface area contributed by atoms with Crippen LogP contribution in [0.1, 0.15) is 5.56 Å². The maximum Gasteiger partial charge on any atom is 0.289 e. The molecule has 0 saturated carbocycles. The van der Waals surface area contributed by atoms with Gasteiger partial charge in [0.2, 0.25) is 0 Å². The van der Waals surface area contributed by atoms with E-state index in [-0.39, 0.29) is 4.82 Å². The predicted molar refractivity (Wildman–Crippen MR) is 52.2 cm³/mol. The second-order valence-corrected chi connectivity index (χ2v) is 3.27. The van der Waals surface area contributed by atoms with Crippen LogP contribution in [0.3, 0.4) is 0 Å². The van der Waals surface area contributed by atoms with Crippen LogP contribution in [0, 0.1) is 0 Å². The Morgan fingerprint density at radius 3 is 2.50 bits per heavy atom. The monoisotopic (exact) mass is 227 g/mol. The van der Waals surface area contributed by atoms with Crippen molar-refractivity contribution in [2.45, 2.75) is 6.54 Å². The Balaban J connectivity index is 2.58. The molecule has 0 aromatic heterocycles. The minimum Gasteiger partial charge on any atom is -0.332 e. The van der Waals surface area contributed by atoms with Gasteiger partial charge in [0.1, 0.15) is 0 Å². The highest BCUT2D eigenvalue weighted by atomic mass is 79.9. The van der Waals surface area contributed by atoms with Gasteiger partial charge in [0.25, 0.3) is 4.82 Å². The highest BCUT2D eigenvalue weighted by Crippen LogP contribution is 2.05. The molecule has 1 amide bonds. The third-order valence-corrected chi connectivity index (χ3v) is 2.17. The van der Waals surface area contributed by atoms with Crippen LogP contribution in [-0.4, -0.2) is 16.8 Å². The Morgan fingerprint density at radius 2 is 2.00 bits per heavy atom. The molecule has 0 fully saturated rings. The summed E-state index contributed by atoms with van der Waals surface area (Å²) in [6.07, 6.45) is 0. The Hall–Kier alpha value is -0.830. The molecule has 0 atom stereocenters. The highest BCUT2D eigenvalue weighted by Gasteiger charge is 2.03. The molecular formula is C9H10BrNO. The van der Waals surface area contributed by atoms with Crippen molar-refractivity contribution in [3.63, 3.8) is 0 Å². The lowest BCUT2D eigenvalue weighted by atomic mass is 10.2. The van der Waals surface area contributed by atoms with Crippen LogP contribution < -0.4 is 0 Å². The molecule has 12 heavy (non-hydrogen) atoms. The first-order chi connectivity index (χ1) is 5.70. The SMILES string of the molecule is CN(Cc1ccccc1)C(=O)Br. The van der Waals surface area contributed by atoms with E-state index in [0.717, 1.165) is 5.56 Å². The molecule has 64 valence electrons. The Kier molecular flexibility index (Phi) is 3.29. The topological polar surface area (TPSA) is 20.3 Å². The number of hydrogen-bond donors (Lipinski definition) is 0. The summed E-state index contributed by atoms with van der Waals surface area (Å²) in [5.41, 5.74) is 1.13. The number of benzene rings is 1. The molecule has 0 heterocycles. The van der Waals surface area contributed by atoms with Gasteiger partial charge in [-0.25, -0.2) is 0 Å². The summed E-state index contributed by atoms with van der Waals surface area (Å²) >= 11 is 2.88. The summed E-state index contributed by atoms with van der Waals surface area (Å²) < 4.78 is 0. The van der Waals surface area contributed by atoms with E-state index in [1.54, 1.807) is 11.9 Å². The second-order valence-electron chi connectivity index (χ2n) is 2.59. The van der Waals surface area contributed by atoms with Gasteiger partial charge >= 0.3 is 0 Å². The molecule has 3 heteroatoms. The van der Waals surface area contributed by atoms with E-state index in [2.05, 4.69) is 15.9 Å². The average molecular weight is 228 g/mol. The molecule has 0 unspecified atom stereocenters. The molecule has 2 nitrogen and oxygen atoms in total. The van der Waals surface area contributed by atoms with Gasteiger partial charge in [-0.1, -0.05) is 30.3 Å². The van der Waals surface area contributed by atoms with Crippen molar-refractivity contribution in [2.75, 3.05) is 7.05 Å². The summed E-state index contributed by atoms with van der Waals surface area (Å²) in [5.74, 6) is 0. The summed E-state index contributed by atoms with van der Waals surface area (Å²) in [5, 5.41) is 0. The molecule has 1 aromatic carbocycles. The van der Waals surface area contributed by atoms with Crippen LogP contribution in [0.2, 0.25) is 0 Å².